The molecule has 0 amide bonds. The Bertz CT molecular complexity index is 346. The summed E-state index contributed by atoms with van der Waals surface area (Å²) in [5, 5.41) is 0. The quantitative estimate of drug-likeness (QED) is 0.579. The Labute approximate surface area is 117 Å². The van der Waals surface area contributed by atoms with Crippen molar-refractivity contribution in [3.63, 3.8) is 0 Å². The van der Waals surface area contributed by atoms with Crippen LogP contribution in [0.1, 0.15) is 57.9 Å². The molecule has 2 heteroatoms. The third kappa shape index (κ3) is 7.12. The summed E-state index contributed by atoms with van der Waals surface area (Å²) in [6.07, 6.45) is 6.70. The third-order valence-corrected chi connectivity index (χ3v) is 3.32. The van der Waals surface area contributed by atoms with Crippen LogP contribution in [-0.2, 0) is 16.1 Å². The van der Waals surface area contributed by atoms with Crippen molar-refractivity contribution in [3.05, 3.63) is 35.9 Å². The Kier molecular flexibility index (Phi) is 8.15. The minimum absolute atomic E-state index is 0.145. The molecule has 0 aliphatic heterocycles. The molecule has 0 N–H and O–H groups in total. The molecule has 2 nitrogen and oxygen atoms in total. The first-order valence-corrected chi connectivity index (χ1v) is 7.40. The average Bonchev–Trinajstić information content (AvgIpc) is 2.42. The monoisotopic (exact) mass is 262 g/mol. The van der Waals surface area contributed by atoms with Crippen LogP contribution in [0.25, 0.3) is 0 Å². The van der Waals surface area contributed by atoms with Crippen LogP contribution in [0.15, 0.2) is 30.3 Å². The molecule has 1 aromatic rings. The van der Waals surface area contributed by atoms with E-state index in [1.54, 1.807) is 6.92 Å². The maximum Gasteiger partial charge on any atom is 0.158 e. The normalized spacial score (nSPS) is 12.3. The molecule has 106 valence electrons. The van der Waals surface area contributed by atoms with Gasteiger partial charge in [0.05, 0.1) is 6.61 Å². The Morgan fingerprint density at radius 3 is 2.42 bits per heavy atom. The van der Waals surface area contributed by atoms with Crippen molar-refractivity contribution in [3.8, 4) is 0 Å². The number of Topliss-reactive ketones (excluding diaryl/α,β-unsaturated/α-hetero) is 1. The largest absolute Gasteiger partial charge is 0.366 e. The van der Waals surface area contributed by atoms with Gasteiger partial charge in [0.15, 0.2) is 5.78 Å². The number of hydrogen-bond acceptors (Lipinski definition) is 2. The van der Waals surface area contributed by atoms with Gasteiger partial charge in [-0.25, -0.2) is 0 Å². The molecule has 0 aromatic heterocycles. The lowest BCUT2D eigenvalue weighted by atomic mass is 10.1. The molecule has 0 bridgehead atoms. The molecular formula is C17H26O2. The molecule has 0 aliphatic rings. The van der Waals surface area contributed by atoms with Gasteiger partial charge in [-0.3, -0.25) is 4.79 Å². The second kappa shape index (κ2) is 9.74. The van der Waals surface area contributed by atoms with Gasteiger partial charge in [0.1, 0.15) is 6.10 Å². The van der Waals surface area contributed by atoms with Gasteiger partial charge in [-0.05, 0) is 18.9 Å². The molecular weight excluding hydrogens is 236 g/mol. The Balaban J connectivity index is 2.26. The van der Waals surface area contributed by atoms with Crippen molar-refractivity contribution >= 4 is 5.78 Å². The zero-order chi connectivity index (χ0) is 13.9. The van der Waals surface area contributed by atoms with E-state index in [2.05, 4.69) is 6.92 Å². The van der Waals surface area contributed by atoms with Gasteiger partial charge >= 0.3 is 0 Å². The molecule has 0 saturated carbocycles. The van der Waals surface area contributed by atoms with Crippen LogP contribution >= 0.6 is 0 Å². The number of rotatable bonds is 10. The van der Waals surface area contributed by atoms with E-state index in [9.17, 15) is 4.79 Å². The van der Waals surface area contributed by atoms with Gasteiger partial charge in [-0.2, -0.15) is 0 Å². The molecule has 0 radical (unpaired) electrons. The summed E-state index contributed by atoms with van der Waals surface area (Å²) in [6.45, 7) is 4.36. The lowest BCUT2D eigenvalue weighted by Crippen LogP contribution is -2.21. The van der Waals surface area contributed by atoms with Gasteiger partial charge in [-0.15, -0.1) is 0 Å². The molecule has 0 unspecified atom stereocenters. The molecule has 0 aliphatic carbocycles. The SMILES string of the molecule is CCCCCCC[C@H](OCc1ccccc1)C(C)=O. The van der Waals surface area contributed by atoms with Crippen molar-refractivity contribution < 1.29 is 9.53 Å². The van der Waals surface area contributed by atoms with Crippen molar-refractivity contribution in [1.29, 1.82) is 0 Å². The maximum absolute atomic E-state index is 11.6. The molecule has 1 atom stereocenters. The van der Waals surface area contributed by atoms with Gasteiger partial charge in [0, 0.05) is 0 Å². The summed E-state index contributed by atoms with van der Waals surface area (Å²) < 4.78 is 5.75. The number of ether oxygens (including phenoxy) is 1. The van der Waals surface area contributed by atoms with E-state index in [0.29, 0.717) is 6.61 Å². The van der Waals surface area contributed by atoms with E-state index >= 15 is 0 Å². The standard InChI is InChI=1S/C17H26O2/c1-3-4-5-6-10-13-17(15(2)18)19-14-16-11-8-7-9-12-16/h7-9,11-12,17H,3-6,10,13-14H2,1-2H3/t17-/m0/s1. The van der Waals surface area contributed by atoms with Gasteiger partial charge in [0.25, 0.3) is 0 Å². The molecule has 0 heterocycles. The van der Waals surface area contributed by atoms with Crippen molar-refractivity contribution in [1.82, 2.24) is 0 Å². The maximum atomic E-state index is 11.6. The highest BCUT2D eigenvalue weighted by Crippen LogP contribution is 2.12. The predicted octanol–water partition coefficient (Wildman–Crippen LogP) is 4.52. The van der Waals surface area contributed by atoms with Crippen LogP contribution < -0.4 is 0 Å². The second-order valence-electron chi connectivity index (χ2n) is 5.10. The van der Waals surface area contributed by atoms with Crippen molar-refractivity contribution in [2.45, 2.75) is 65.1 Å². The summed E-state index contributed by atoms with van der Waals surface area (Å²) >= 11 is 0. The fraction of sp³-hybridized carbons (Fsp3) is 0.588. The number of benzene rings is 1. The highest BCUT2D eigenvalue weighted by atomic mass is 16.5. The Morgan fingerprint density at radius 1 is 1.11 bits per heavy atom. The first-order chi connectivity index (χ1) is 9.24. The van der Waals surface area contributed by atoms with E-state index in [1.807, 2.05) is 30.3 Å². The van der Waals surface area contributed by atoms with E-state index in [-0.39, 0.29) is 11.9 Å². The van der Waals surface area contributed by atoms with Crippen LogP contribution in [0, 0.1) is 0 Å². The lowest BCUT2D eigenvalue weighted by Gasteiger charge is -2.15. The first-order valence-electron chi connectivity index (χ1n) is 7.40. The topological polar surface area (TPSA) is 26.3 Å². The lowest BCUT2D eigenvalue weighted by molar-refractivity contribution is -0.129. The fourth-order valence-corrected chi connectivity index (χ4v) is 2.11. The van der Waals surface area contributed by atoms with Crippen molar-refractivity contribution in [2.24, 2.45) is 0 Å². The average molecular weight is 262 g/mol. The number of hydrogen-bond donors (Lipinski definition) is 0. The molecule has 19 heavy (non-hydrogen) atoms. The zero-order valence-corrected chi connectivity index (χ0v) is 12.2. The van der Waals surface area contributed by atoms with Gasteiger partial charge in [-0.1, -0.05) is 69.4 Å². The van der Waals surface area contributed by atoms with Crippen LogP contribution in [-0.4, -0.2) is 11.9 Å². The molecule has 1 aromatic carbocycles. The minimum atomic E-state index is -0.234. The molecule has 0 fully saturated rings. The van der Waals surface area contributed by atoms with E-state index in [4.69, 9.17) is 4.74 Å². The van der Waals surface area contributed by atoms with Crippen LogP contribution in [0.4, 0.5) is 0 Å². The number of carbonyl (C=O) groups excluding carboxylic acids is 1. The summed E-state index contributed by atoms with van der Waals surface area (Å²) in [4.78, 5) is 11.6. The van der Waals surface area contributed by atoms with E-state index < -0.39 is 0 Å². The first kappa shape index (κ1) is 15.9. The van der Waals surface area contributed by atoms with Crippen LogP contribution in [0.2, 0.25) is 0 Å². The molecule has 0 saturated heterocycles. The summed E-state index contributed by atoms with van der Waals surface area (Å²) in [6, 6.07) is 10.0. The Hall–Kier alpha value is -1.15. The van der Waals surface area contributed by atoms with Gasteiger partial charge in [0.2, 0.25) is 0 Å². The smallest absolute Gasteiger partial charge is 0.158 e. The number of unbranched alkanes of at least 4 members (excludes halogenated alkanes) is 4. The highest BCUT2D eigenvalue weighted by Gasteiger charge is 2.14. The number of ketones is 1. The summed E-state index contributed by atoms with van der Waals surface area (Å²) in [5.41, 5.74) is 1.12. The van der Waals surface area contributed by atoms with E-state index in [1.165, 1.54) is 25.7 Å². The third-order valence-electron chi connectivity index (χ3n) is 3.32. The molecule has 1 rings (SSSR count). The Morgan fingerprint density at radius 2 is 1.79 bits per heavy atom. The highest BCUT2D eigenvalue weighted by molar-refractivity contribution is 5.80. The minimum Gasteiger partial charge on any atom is -0.366 e. The van der Waals surface area contributed by atoms with Crippen molar-refractivity contribution in [2.75, 3.05) is 0 Å². The van der Waals surface area contributed by atoms with Crippen LogP contribution in [0.3, 0.4) is 0 Å². The number of carbonyl (C=O) groups is 1. The second-order valence-corrected chi connectivity index (χ2v) is 5.10. The summed E-state index contributed by atoms with van der Waals surface area (Å²) in [5.74, 6) is 0.145. The molecule has 0 spiro atoms. The summed E-state index contributed by atoms with van der Waals surface area (Å²) in [7, 11) is 0. The van der Waals surface area contributed by atoms with E-state index in [0.717, 1.165) is 18.4 Å². The predicted molar refractivity (Wildman–Crippen MR) is 79.1 cm³/mol. The zero-order valence-electron chi connectivity index (χ0n) is 12.2. The van der Waals surface area contributed by atoms with Gasteiger partial charge < -0.3 is 4.74 Å². The van der Waals surface area contributed by atoms with Crippen LogP contribution in [0.5, 0.6) is 0 Å². The fourth-order valence-electron chi connectivity index (χ4n) is 2.11.